The molecule has 1 aliphatic rings. The number of nitrogens with one attached hydrogen (secondary N) is 1. The molecule has 9 heteroatoms. The van der Waals surface area contributed by atoms with E-state index in [1.165, 1.54) is 18.2 Å². The van der Waals surface area contributed by atoms with Crippen molar-refractivity contribution >= 4 is 21.4 Å². The smallest absolute Gasteiger partial charge is 0.194 e. The topological polar surface area (TPSA) is 72.0 Å². The summed E-state index contributed by atoms with van der Waals surface area (Å²) in [4.78, 5) is 7.11. The number of aromatic amines is 1. The van der Waals surface area contributed by atoms with Gasteiger partial charge < -0.3 is 9.72 Å². The number of aryl methyl sites for hydroxylation is 1. The molecule has 3 rings (SSSR count). The second-order valence-electron chi connectivity index (χ2n) is 7.40. The quantitative estimate of drug-likeness (QED) is 0.764. The predicted octanol–water partition coefficient (Wildman–Crippen LogP) is 4.16. The molecule has 5 nitrogen and oxygen atoms in total. The van der Waals surface area contributed by atoms with E-state index in [1.807, 2.05) is 0 Å². The van der Waals surface area contributed by atoms with Crippen LogP contribution in [0.5, 0.6) is 0 Å². The average molecular weight is 419 g/mol. The summed E-state index contributed by atoms with van der Waals surface area (Å²) in [5, 5.41) is -0.146. The fraction of sp³-hybridized carbons (Fsp3) is 0.500. The Kier molecular flexibility index (Phi) is 5.35. The zero-order valence-electron chi connectivity index (χ0n) is 15.2. The van der Waals surface area contributed by atoms with Gasteiger partial charge in [0.15, 0.2) is 14.9 Å². The number of rotatable bonds is 6. The monoisotopic (exact) mass is 418 g/mol. The zero-order chi connectivity index (χ0) is 20.0. The number of hydrogen-bond acceptors (Lipinski definition) is 4. The van der Waals surface area contributed by atoms with E-state index >= 15 is 0 Å². The Morgan fingerprint density at radius 3 is 2.63 bits per heavy atom. The van der Waals surface area contributed by atoms with Crippen LogP contribution in [0, 0.1) is 18.7 Å². The number of imidazole rings is 1. The van der Waals surface area contributed by atoms with E-state index in [2.05, 4.69) is 9.97 Å². The van der Waals surface area contributed by atoms with Crippen molar-refractivity contribution in [3.8, 4) is 0 Å². The fourth-order valence-corrected chi connectivity index (χ4v) is 4.52. The van der Waals surface area contributed by atoms with Gasteiger partial charge in [-0.15, -0.1) is 0 Å². The third-order valence-corrected chi connectivity index (χ3v) is 6.02. The van der Waals surface area contributed by atoms with Gasteiger partial charge in [0.1, 0.15) is 23.4 Å². The highest BCUT2D eigenvalue weighted by Crippen LogP contribution is 2.41. The second-order valence-corrected chi connectivity index (χ2v) is 9.74. The fourth-order valence-electron chi connectivity index (χ4n) is 3.45. The van der Waals surface area contributed by atoms with Crippen molar-refractivity contribution in [2.75, 3.05) is 12.9 Å². The van der Waals surface area contributed by atoms with E-state index in [9.17, 15) is 17.2 Å². The standard InChI is InChI=1S/C18H21ClF2N2O3S/c1-10-17(27(3,24)25)23-16(22-10)15(12-4-5-14(20)13(19)6-12)26-9-11-7-18(2,21)8-11/h4-6,11,15H,7-9H2,1-3H3,(H,22,23). The van der Waals surface area contributed by atoms with Gasteiger partial charge in [0.2, 0.25) is 0 Å². The second kappa shape index (κ2) is 7.14. The first-order valence-electron chi connectivity index (χ1n) is 8.48. The van der Waals surface area contributed by atoms with Crippen molar-refractivity contribution in [2.45, 2.75) is 43.5 Å². The maximum atomic E-state index is 13.7. The number of ether oxygens (including phenoxy) is 1. The van der Waals surface area contributed by atoms with Crippen molar-refractivity contribution in [1.29, 1.82) is 0 Å². The van der Waals surface area contributed by atoms with Crippen molar-refractivity contribution in [1.82, 2.24) is 9.97 Å². The molecule has 1 heterocycles. The predicted molar refractivity (Wildman–Crippen MR) is 97.9 cm³/mol. The molecule has 27 heavy (non-hydrogen) atoms. The lowest BCUT2D eigenvalue weighted by Gasteiger charge is -2.39. The average Bonchev–Trinajstić information content (AvgIpc) is 2.91. The van der Waals surface area contributed by atoms with Gasteiger partial charge in [-0.1, -0.05) is 17.7 Å². The molecule has 1 N–H and O–H groups in total. The lowest BCUT2D eigenvalue weighted by molar-refractivity contribution is -0.0427. The largest absolute Gasteiger partial charge is 0.365 e. The Labute approximate surface area is 162 Å². The maximum absolute atomic E-state index is 13.7. The molecule has 0 radical (unpaired) electrons. The highest BCUT2D eigenvalue weighted by atomic mass is 35.5. The molecule has 1 aromatic heterocycles. The van der Waals surface area contributed by atoms with Crippen LogP contribution < -0.4 is 0 Å². The summed E-state index contributed by atoms with van der Waals surface area (Å²) in [6.45, 7) is 3.42. The van der Waals surface area contributed by atoms with Gasteiger partial charge in [-0.3, -0.25) is 0 Å². The van der Waals surface area contributed by atoms with Gasteiger partial charge in [-0.05, 0) is 50.3 Å². The van der Waals surface area contributed by atoms with Gasteiger partial charge >= 0.3 is 0 Å². The lowest BCUT2D eigenvalue weighted by Crippen LogP contribution is -2.39. The Morgan fingerprint density at radius 1 is 1.44 bits per heavy atom. The first kappa shape index (κ1) is 20.2. The molecule has 0 aliphatic heterocycles. The minimum Gasteiger partial charge on any atom is -0.365 e. The van der Waals surface area contributed by atoms with Gasteiger partial charge in [-0.2, -0.15) is 0 Å². The van der Waals surface area contributed by atoms with Crippen LogP contribution in [-0.2, 0) is 14.6 Å². The van der Waals surface area contributed by atoms with Crippen molar-refractivity contribution in [3.63, 3.8) is 0 Å². The van der Waals surface area contributed by atoms with E-state index in [4.69, 9.17) is 16.3 Å². The minimum absolute atomic E-state index is 0.0591. The van der Waals surface area contributed by atoms with E-state index in [-0.39, 0.29) is 28.4 Å². The summed E-state index contributed by atoms with van der Waals surface area (Å²) >= 11 is 5.89. The molecule has 1 fully saturated rings. The Balaban J connectivity index is 1.91. The van der Waals surface area contributed by atoms with E-state index in [0.29, 0.717) is 24.1 Å². The Hall–Kier alpha value is -1.51. The molecule has 2 aromatic rings. The SMILES string of the molecule is Cc1[nH]c(C(OCC2CC(C)(F)C2)c2ccc(F)c(Cl)c2)nc1S(C)(=O)=O. The maximum Gasteiger partial charge on any atom is 0.194 e. The van der Waals surface area contributed by atoms with Crippen molar-refractivity contribution in [2.24, 2.45) is 5.92 Å². The number of H-pyrrole nitrogens is 1. The normalized spacial score (nSPS) is 23.9. The molecule has 1 saturated carbocycles. The van der Waals surface area contributed by atoms with Crippen LogP contribution in [0.3, 0.4) is 0 Å². The summed E-state index contributed by atoms with van der Waals surface area (Å²) < 4.78 is 57.0. The molecule has 1 aromatic carbocycles. The van der Waals surface area contributed by atoms with Gasteiger partial charge in [0.05, 0.1) is 17.3 Å². The number of halogens is 3. The van der Waals surface area contributed by atoms with Crippen LogP contribution in [0.1, 0.15) is 43.0 Å². The lowest BCUT2D eigenvalue weighted by atomic mass is 9.74. The van der Waals surface area contributed by atoms with Crippen LogP contribution >= 0.6 is 11.6 Å². The Bertz CT molecular complexity index is 952. The molecule has 1 aliphatic carbocycles. The summed E-state index contributed by atoms with van der Waals surface area (Å²) in [5.41, 5.74) is -0.264. The third kappa shape index (κ3) is 4.50. The molecule has 1 unspecified atom stereocenters. The van der Waals surface area contributed by atoms with Crippen LogP contribution in [0.25, 0.3) is 0 Å². The van der Waals surface area contributed by atoms with Gasteiger partial charge in [-0.25, -0.2) is 22.2 Å². The molecule has 148 valence electrons. The summed E-state index contributed by atoms with van der Waals surface area (Å²) in [6, 6.07) is 4.13. The molecule has 0 saturated heterocycles. The van der Waals surface area contributed by atoms with Crippen LogP contribution in [0.15, 0.2) is 23.2 Å². The molecule has 0 bridgehead atoms. The minimum atomic E-state index is -3.52. The first-order valence-corrected chi connectivity index (χ1v) is 10.8. The number of benzene rings is 1. The van der Waals surface area contributed by atoms with Gasteiger partial charge in [0, 0.05) is 6.26 Å². The van der Waals surface area contributed by atoms with E-state index in [1.54, 1.807) is 13.8 Å². The summed E-state index contributed by atoms with van der Waals surface area (Å²) in [5.74, 6) is -0.236. The highest BCUT2D eigenvalue weighted by Gasteiger charge is 2.41. The number of hydrogen-bond donors (Lipinski definition) is 1. The Morgan fingerprint density at radius 2 is 2.11 bits per heavy atom. The van der Waals surface area contributed by atoms with Crippen LogP contribution in [0.4, 0.5) is 8.78 Å². The molecule has 0 spiro atoms. The van der Waals surface area contributed by atoms with Crippen LogP contribution in [0.2, 0.25) is 5.02 Å². The zero-order valence-corrected chi connectivity index (χ0v) is 16.8. The van der Waals surface area contributed by atoms with Crippen molar-refractivity contribution in [3.05, 3.63) is 46.1 Å². The first-order chi connectivity index (χ1) is 12.5. The highest BCUT2D eigenvalue weighted by molar-refractivity contribution is 7.90. The molecule has 1 atom stereocenters. The molecule has 0 amide bonds. The number of alkyl halides is 1. The van der Waals surface area contributed by atoms with Gasteiger partial charge in [0.25, 0.3) is 0 Å². The van der Waals surface area contributed by atoms with E-state index in [0.717, 1.165) is 6.26 Å². The summed E-state index contributed by atoms with van der Waals surface area (Å²) in [6.07, 6.45) is 1.09. The van der Waals surface area contributed by atoms with Crippen LogP contribution in [-0.4, -0.2) is 36.9 Å². The summed E-state index contributed by atoms with van der Waals surface area (Å²) in [7, 11) is -3.52. The number of nitrogens with zero attached hydrogens (tertiary/aromatic N) is 1. The van der Waals surface area contributed by atoms with E-state index < -0.39 is 27.4 Å². The third-order valence-electron chi connectivity index (χ3n) is 4.63. The number of aromatic nitrogens is 2. The van der Waals surface area contributed by atoms with Crippen molar-refractivity contribution < 1.29 is 21.9 Å². The molecular weight excluding hydrogens is 398 g/mol. The molecular formula is C18H21ClF2N2O3S. The number of sulfone groups is 1.